The molecule has 0 saturated carbocycles. The molecular weight excluding hydrogens is 315 g/mol. The Bertz CT molecular complexity index is 808. The molecule has 0 radical (unpaired) electrons. The van der Waals surface area contributed by atoms with Gasteiger partial charge in [-0.2, -0.15) is 0 Å². The highest BCUT2D eigenvalue weighted by atomic mass is 35.5. The lowest BCUT2D eigenvalue weighted by Crippen LogP contribution is -2.27. The van der Waals surface area contributed by atoms with E-state index in [9.17, 15) is 0 Å². The molecule has 2 aliphatic rings. The molecule has 22 heavy (non-hydrogen) atoms. The fraction of sp³-hybridized carbons (Fsp3) is 0.167. The number of hydrogen-bond acceptors (Lipinski definition) is 2. The van der Waals surface area contributed by atoms with E-state index in [-0.39, 0.29) is 0 Å². The van der Waals surface area contributed by atoms with Gasteiger partial charge in [0.2, 0.25) is 0 Å². The molecule has 0 amide bonds. The van der Waals surface area contributed by atoms with Crippen molar-refractivity contribution in [2.75, 3.05) is 6.54 Å². The zero-order chi connectivity index (χ0) is 15.1. The van der Waals surface area contributed by atoms with Crippen LogP contribution in [0, 0.1) is 0 Å². The first-order valence-electron chi connectivity index (χ1n) is 7.28. The van der Waals surface area contributed by atoms with Gasteiger partial charge in [-0.15, -0.1) is 0 Å². The maximum absolute atomic E-state index is 6.10. The molecule has 2 aromatic carbocycles. The topological polar surface area (TPSA) is 15.6 Å². The lowest BCUT2D eigenvalue weighted by Gasteiger charge is -2.24. The predicted octanol–water partition coefficient (Wildman–Crippen LogP) is 5.33. The predicted molar refractivity (Wildman–Crippen MR) is 93.0 cm³/mol. The average Bonchev–Trinajstić information content (AvgIpc) is 2.91. The summed E-state index contributed by atoms with van der Waals surface area (Å²) >= 11 is 12.1. The second kappa shape index (κ2) is 5.45. The molecule has 2 aromatic rings. The molecule has 0 N–H and O–H groups in total. The van der Waals surface area contributed by atoms with Gasteiger partial charge in [0.05, 0.1) is 15.7 Å². The van der Waals surface area contributed by atoms with Crippen LogP contribution in [0.1, 0.15) is 17.5 Å². The van der Waals surface area contributed by atoms with Crippen molar-refractivity contribution >= 4 is 40.8 Å². The van der Waals surface area contributed by atoms with Crippen LogP contribution < -0.4 is 0 Å². The van der Waals surface area contributed by atoms with Crippen LogP contribution in [-0.2, 0) is 6.54 Å². The molecule has 4 heteroatoms. The lowest BCUT2D eigenvalue weighted by atomic mass is 10.1. The molecule has 0 aromatic heterocycles. The highest BCUT2D eigenvalue weighted by molar-refractivity contribution is 6.42. The van der Waals surface area contributed by atoms with E-state index >= 15 is 0 Å². The first-order valence-corrected chi connectivity index (χ1v) is 8.04. The Labute approximate surface area is 139 Å². The molecule has 0 bridgehead atoms. The summed E-state index contributed by atoms with van der Waals surface area (Å²) in [4.78, 5) is 7.18. The van der Waals surface area contributed by atoms with Gasteiger partial charge in [0.25, 0.3) is 0 Å². The smallest absolute Gasteiger partial charge is 0.132 e. The summed E-state index contributed by atoms with van der Waals surface area (Å²) in [5.74, 6) is 1.09. The van der Waals surface area contributed by atoms with Crippen LogP contribution in [0.15, 0.2) is 53.0 Å². The Hall–Kier alpha value is -1.77. The maximum atomic E-state index is 6.10. The minimum atomic E-state index is 0.584. The Balaban J connectivity index is 1.73. The summed E-state index contributed by atoms with van der Waals surface area (Å²) in [7, 11) is 0. The van der Waals surface area contributed by atoms with Gasteiger partial charge in [0.15, 0.2) is 0 Å². The number of benzene rings is 2. The van der Waals surface area contributed by atoms with E-state index in [0.717, 1.165) is 36.6 Å². The maximum Gasteiger partial charge on any atom is 0.132 e. The monoisotopic (exact) mass is 328 g/mol. The van der Waals surface area contributed by atoms with Crippen molar-refractivity contribution in [3.8, 4) is 0 Å². The Kier molecular flexibility index (Phi) is 3.44. The molecule has 1 saturated heterocycles. The van der Waals surface area contributed by atoms with E-state index in [1.807, 2.05) is 24.3 Å². The van der Waals surface area contributed by atoms with Crippen LogP contribution in [0.4, 0.5) is 5.69 Å². The third-order valence-corrected chi connectivity index (χ3v) is 4.84. The van der Waals surface area contributed by atoms with E-state index in [1.54, 1.807) is 0 Å². The second-order valence-electron chi connectivity index (χ2n) is 5.58. The van der Waals surface area contributed by atoms with E-state index in [2.05, 4.69) is 29.2 Å². The van der Waals surface area contributed by atoms with Gasteiger partial charge in [-0.1, -0.05) is 47.5 Å². The van der Waals surface area contributed by atoms with E-state index in [0.29, 0.717) is 10.0 Å². The molecule has 2 aliphatic heterocycles. The zero-order valence-electron chi connectivity index (χ0n) is 11.9. The average molecular weight is 329 g/mol. The molecule has 0 spiro atoms. The van der Waals surface area contributed by atoms with Gasteiger partial charge >= 0.3 is 0 Å². The van der Waals surface area contributed by atoms with Gasteiger partial charge in [0.1, 0.15) is 5.84 Å². The second-order valence-corrected chi connectivity index (χ2v) is 6.39. The van der Waals surface area contributed by atoms with Gasteiger partial charge < -0.3 is 4.90 Å². The summed E-state index contributed by atoms with van der Waals surface area (Å²) in [6.45, 7) is 1.95. The molecule has 1 fully saturated rings. The molecule has 0 unspecified atom stereocenters. The van der Waals surface area contributed by atoms with Crippen molar-refractivity contribution in [1.82, 2.24) is 4.90 Å². The quantitative estimate of drug-likeness (QED) is 0.691. The van der Waals surface area contributed by atoms with Crippen LogP contribution in [-0.4, -0.2) is 17.3 Å². The van der Waals surface area contributed by atoms with Crippen LogP contribution in [0.2, 0.25) is 10.0 Å². The number of para-hydroxylation sites is 1. The van der Waals surface area contributed by atoms with Crippen LogP contribution in [0.3, 0.4) is 0 Å². The third kappa shape index (κ3) is 2.43. The molecule has 4 rings (SSSR count). The minimum Gasteiger partial charge on any atom is -0.352 e. The SMILES string of the molecule is Clc1ccc(/C=C2\CCN3Cc4ccccc4N=C23)cc1Cl. The summed E-state index contributed by atoms with van der Waals surface area (Å²) in [6.07, 6.45) is 3.17. The van der Waals surface area contributed by atoms with Gasteiger partial charge in [-0.05, 0) is 47.4 Å². The van der Waals surface area contributed by atoms with E-state index in [1.165, 1.54) is 11.1 Å². The Morgan fingerprint density at radius 2 is 1.91 bits per heavy atom. The van der Waals surface area contributed by atoms with Crippen molar-refractivity contribution in [3.63, 3.8) is 0 Å². The van der Waals surface area contributed by atoms with Gasteiger partial charge in [-0.25, -0.2) is 4.99 Å². The number of amidine groups is 1. The van der Waals surface area contributed by atoms with Crippen LogP contribution in [0.5, 0.6) is 0 Å². The van der Waals surface area contributed by atoms with E-state index < -0.39 is 0 Å². The first-order chi connectivity index (χ1) is 10.7. The highest BCUT2D eigenvalue weighted by Gasteiger charge is 2.27. The van der Waals surface area contributed by atoms with Crippen molar-refractivity contribution in [3.05, 3.63) is 69.2 Å². The molecular formula is C18H14Cl2N2. The van der Waals surface area contributed by atoms with Crippen molar-refractivity contribution in [2.24, 2.45) is 4.99 Å². The number of aliphatic imine (C=N–C) groups is 1. The standard InChI is InChI=1S/C18H14Cl2N2/c19-15-6-5-12(10-16(15)20)9-13-7-8-22-11-14-3-1-2-4-17(14)21-18(13)22/h1-6,9-10H,7-8,11H2/b13-9+. The summed E-state index contributed by atoms with van der Waals surface area (Å²) in [5, 5.41) is 1.17. The van der Waals surface area contributed by atoms with Crippen molar-refractivity contribution in [2.45, 2.75) is 13.0 Å². The largest absolute Gasteiger partial charge is 0.352 e. The van der Waals surface area contributed by atoms with Crippen LogP contribution >= 0.6 is 23.2 Å². The van der Waals surface area contributed by atoms with Gasteiger partial charge in [0, 0.05) is 13.1 Å². The number of fused-ring (bicyclic) bond motifs is 2. The summed E-state index contributed by atoms with van der Waals surface area (Å²) in [6, 6.07) is 14.1. The number of rotatable bonds is 1. The Morgan fingerprint density at radius 1 is 1.05 bits per heavy atom. The van der Waals surface area contributed by atoms with Gasteiger partial charge in [-0.3, -0.25) is 0 Å². The lowest BCUT2D eigenvalue weighted by molar-refractivity contribution is 0.443. The van der Waals surface area contributed by atoms with Crippen LogP contribution in [0.25, 0.3) is 6.08 Å². The third-order valence-electron chi connectivity index (χ3n) is 4.10. The number of hydrogen-bond donors (Lipinski definition) is 0. The number of nitrogens with zero attached hydrogens (tertiary/aromatic N) is 2. The normalized spacial score (nSPS) is 18.2. The fourth-order valence-corrected chi connectivity index (χ4v) is 3.29. The minimum absolute atomic E-state index is 0.584. The summed E-state index contributed by atoms with van der Waals surface area (Å²) in [5.41, 5.74) is 4.69. The fourth-order valence-electron chi connectivity index (χ4n) is 2.99. The highest BCUT2D eigenvalue weighted by Crippen LogP contribution is 2.33. The zero-order valence-corrected chi connectivity index (χ0v) is 13.4. The first kappa shape index (κ1) is 13.9. The molecule has 2 heterocycles. The molecule has 2 nitrogen and oxygen atoms in total. The molecule has 0 aliphatic carbocycles. The number of halogens is 2. The van der Waals surface area contributed by atoms with E-state index in [4.69, 9.17) is 28.2 Å². The molecule has 110 valence electrons. The van der Waals surface area contributed by atoms with Crippen molar-refractivity contribution < 1.29 is 0 Å². The molecule has 0 atom stereocenters. The Morgan fingerprint density at radius 3 is 2.77 bits per heavy atom. The summed E-state index contributed by atoms with van der Waals surface area (Å²) < 4.78 is 0. The van der Waals surface area contributed by atoms with Crippen molar-refractivity contribution in [1.29, 1.82) is 0 Å².